The number of carbonyl (C=O) groups is 3. The maximum Gasteiger partial charge on any atom is 0.415 e. The molecule has 174 valence electrons. The summed E-state index contributed by atoms with van der Waals surface area (Å²) >= 11 is 6.01. The number of unbranched alkanes of at least 4 members (excludes halogenated alkanes) is 1. The number of hydrogen-bond donors (Lipinski definition) is 2. The third-order valence-electron chi connectivity index (χ3n) is 4.81. The fraction of sp³-hybridized carbons (Fsp3) is 0.333. The van der Waals surface area contributed by atoms with Gasteiger partial charge >= 0.3 is 12.1 Å². The molecule has 0 heterocycles. The molecule has 0 saturated heterocycles. The first-order chi connectivity index (χ1) is 15.8. The molecule has 9 heteroatoms. The number of nitrogens with zero attached hydrogens (tertiary/aromatic N) is 2. The summed E-state index contributed by atoms with van der Waals surface area (Å²) in [5.74, 6) is -1.46. The summed E-state index contributed by atoms with van der Waals surface area (Å²) in [7, 11) is 0. The molecular weight excluding hydrogens is 446 g/mol. The molecule has 0 bridgehead atoms. The normalized spacial score (nSPS) is 11.2. The quantitative estimate of drug-likeness (QED) is 0.476. The van der Waals surface area contributed by atoms with Crippen molar-refractivity contribution >= 4 is 29.6 Å². The van der Waals surface area contributed by atoms with Gasteiger partial charge in [0.05, 0.1) is 17.1 Å². The van der Waals surface area contributed by atoms with Crippen LogP contribution in [0, 0.1) is 6.57 Å². The molecule has 0 aliphatic heterocycles. The van der Waals surface area contributed by atoms with E-state index in [9.17, 15) is 19.5 Å². The van der Waals surface area contributed by atoms with Crippen LogP contribution in [0.5, 0.6) is 5.75 Å². The lowest BCUT2D eigenvalue weighted by Gasteiger charge is -2.19. The highest BCUT2D eigenvalue weighted by Crippen LogP contribution is 2.17. The van der Waals surface area contributed by atoms with Crippen molar-refractivity contribution in [1.82, 2.24) is 10.2 Å². The van der Waals surface area contributed by atoms with Crippen molar-refractivity contribution in [3.05, 3.63) is 76.1 Å². The molecule has 8 nitrogen and oxygen atoms in total. The average Bonchev–Trinajstić information content (AvgIpc) is 2.80. The highest BCUT2D eigenvalue weighted by molar-refractivity contribution is 6.33. The highest BCUT2D eigenvalue weighted by Gasteiger charge is 2.22. The number of carbonyl (C=O) groups excluding carboxylic acids is 2. The van der Waals surface area contributed by atoms with E-state index in [0.29, 0.717) is 24.4 Å². The van der Waals surface area contributed by atoms with E-state index in [1.165, 1.54) is 11.0 Å². The monoisotopic (exact) mass is 471 g/mol. The maximum atomic E-state index is 12.4. The standard InChI is InChI=1S/C24H26ClN3O5/c1-3-4-14-28(15-13-26-2)24(32)33-18-11-9-17(10-12-18)16-21(23(30)31)27-22(29)19-7-5-6-8-20(19)25/h5-12,21H,3-4,13-16H2,1H3,(H,27,29)(H,30,31)/t21-/m0/s1. The van der Waals surface area contributed by atoms with Crippen LogP contribution in [-0.4, -0.2) is 53.7 Å². The predicted molar refractivity (Wildman–Crippen MR) is 124 cm³/mol. The van der Waals surface area contributed by atoms with Gasteiger partial charge in [0.1, 0.15) is 11.8 Å². The van der Waals surface area contributed by atoms with Crippen LogP contribution in [-0.2, 0) is 11.2 Å². The molecule has 2 amide bonds. The Kier molecular flexibility index (Phi) is 10.2. The Morgan fingerprint density at radius 1 is 1.15 bits per heavy atom. The predicted octanol–water partition coefficient (Wildman–Crippen LogP) is 4.29. The first-order valence-corrected chi connectivity index (χ1v) is 10.9. The summed E-state index contributed by atoms with van der Waals surface area (Å²) in [6.45, 7) is 9.94. The number of ether oxygens (including phenoxy) is 1. The van der Waals surface area contributed by atoms with Gasteiger partial charge < -0.3 is 24.9 Å². The Labute approximate surface area is 197 Å². The van der Waals surface area contributed by atoms with Gasteiger partial charge in [-0.2, -0.15) is 0 Å². The largest absolute Gasteiger partial charge is 0.480 e. The van der Waals surface area contributed by atoms with Crippen LogP contribution in [0.25, 0.3) is 4.85 Å². The van der Waals surface area contributed by atoms with Gasteiger partial charge in [-0.3, -0.25) is 4.79 Å². The van der Waals surface area contributed by atoms with Crippen LogP contribution in [0.3, 0.4) is 0 Å². The van der Waals surface area contributed by atoms with Gasteiger partial charge in [0.15, 0.2) is 0 Å². The molecule has 0 aliphatic carbocycles. The molecule has 0 radical (unpaired) electrons. The van der Waals surface area contributed by atoms with Gasteiger partial charge in [-0.05, 0) is 36.2 Å². The summed E-state index contributed by atoms with van der Waals surface area (Å²) < 4.78 is 5.40. The van der Waals surface area contributed by atoms with Crippen LogP contribution in [0.15, 0.2) is 48.5 Å². The van der Waals surface area contributed by atoms with E-state index < -0.39 is 24.0 Å². The lowest BCUT2D eigenvalue weighted by molar-refractivity contribution is -0.139. The Bertz CT molecular complexity index is 1000. The lowest BCUT2D eigenvalue weighted by atomic mass is 10.1. The van der Waals surface area contributed by atoms with Gasteiger partial charge in [-0.15, -0.1) is 0 Å². The molecule has 2 rings (SSSR count). The Morgan fingerprint density at radius 3 is 2.45 bits per heavy atom. The second-order valence-corrected chi connectivity index (χ2v) is 7.69. The first kappa shape index (κ1) is 25.7. The molecule has 0 fully saturated rings. The number of rotatable bonds is 11. The Balaban J connectivity index is 2.01. The number of carboxylic acids is 1. The second kappa shape index (κ2) is 13.1. The zero-order valence-electron chi connectivity index (χ0n) is 18.3. The average molecular weight is 472 g/mol. The van der Waals surface area contributed by atoms with E-state index in [4.69, 9.17) is 22.9 Å². The minimum Gasteiger partial charge on any atom is -0.480 e. The molecule has 0 saturated carbocycles. The minimum atomic E-state index is -1.18. The summed E-state index contributed by atoms with van der Waals surface area (Å²) in [5, 5.41) is 12.2. The molecule has 1 atom stereocenters. The van der Waals surface area contributed by atoms with Gasteiger partial charge in [0, 0.05) is 13.0 Å². The first-order valence-electron chi connectivity index (χ1n) is 10.5. The van der Waals surface area contributed by atoms with E-state index in [-0.39, 0.29) is 23.6 Å². The Morgan fingerprint density at radius 2 is 1.85 bits per heavy atom. The van der Waals surface area contributed by atoms with E-state index in [2.05, 4.69) is 10.2 Å². The van der Waals surface area contributed by atoms with Crippen molar-refractivity contribution in [2.24, 2.45) is 0 Å². The summed E-state index contributed by atoms with van der Waals surface area (Å²) in [6.07, 6.45) is 1.22. The number of nitrogens with one attached hydrogen (secondary N) is 1. The van der Waals surface area contributed by atoms with Crippen LogP contribution >= 0.6 is 11.6 Å². The maximum absolute atomic E-state index is 12.4. The van der Waals surface area contributed by atoms with Crippen molar-refractivity contribution in [3.63, 3.8) is 0 Å². The molecule has 0 aliphatic rings. The molecule has 2 N–H and O–H groups in total. The van der Waals surface area contributed by atoms with Gasteiger partial charge in [0.25, 0.3) is 5.91 Å². The number of aliphatic carboxylic acids is 1. The van der Waals surface area contributed by atoms with Crippen molar-refractivity contribution < 1.29 is 24.2 Å². The third kappa shape index (κ3) is 8.13. The third-order valence-corrected chi connectivity index (χ3v) is 5.14. The second-order valence-electron chi connectivity index (χ2n) is 7.28. The summed E-state index contributed by atoms with van der Waals surface area (Å²) in [5.41, 5.74) is 0.830. The zero-order valence-corrected chi connectivity index (χ0v) is 19.0. The highest BCUT2D eigenvalue weighted by atomic mass is 35.5. The number of hydrogen-bond acceptors (Lipinski definition) is 4. The van der Waals surface area contributed by atoms with Crippen LogP contribution in [0.1, 0.15) is 35.7 Å². The number of benzene rings is 2. The Hall–Kier alpha value is -3.57. The molecule has 2 aromatic carbocycles. The number of carboxylic acid groups (broad SMARTS) is 1. The topological polar surface area (TPSA) is 100 Å². The molecule has 2 aromatic rings. The summed E-state index contributed by atoms with van der Waals surface area (Å²) in [4.78, 5) is 41.3. The van der Waals surface area contributed by atoms with Gasteiger partial charge in [-0.1, -0.05) is 49.2 Å². The molecule has 33 heavy (non-hydrogen) atoms. The summed E-state index contributed by atoms with van der Waals surface area (Å²) in [6, 6.07) is 11.6. The van der Waals surface area contributed by atoms with Crippen LogP contribution < -0.4 is 10.1 Å². The minimum absolute atomic E-state index is 0.0351. The van der Waals surface area contributed by atoms with Crippen molar-refractivity contribution in [2.45, 2.75) is 32.2 Å². The molecular formula is C24H26ClN3O5. The van der Waals surface area contributed by atoms with Crippen LogP contribution in [0.4, 0.5) is 4.79 Å². The van der Waals surface area contributed by atoms with Crippen molar-refractivity contribution in [1.29, 1.82) is 0 Å². The fourth-order valence-corrected chi connectivity index (χ4v) is 3.21. The van der Waals surface area contributed by atoms with Crippen molar-refractivity contribution in [2.75, 3.05) is 19.6 Å². The number of amides is 2. The van der Waals surface area contributed by atoms with E-state index in [0.717, 1.165) is 12.8 Å². The van der Waals surface area contributed by atoms with Crippen molar-refractivity contribution in [3.8, 4) is 5.75 Å². The molecule has 0 spiro atoms. The van der Waals surface area contributed by atoms with E-state index in [1.807, 2.05) is 6.92 Å². The molecule has 0 aromatic heterocycles. The van der Waals surface area contributed by atoms with E-state index in [1.54, 1.807) is 42.5 Å². The SMILES string of the molecule is [C-]#[N+]CCN(CCCC)C(=O)Oc1ccc(C[C@H](NC(=O)c2ccccc2Cl)C(=O)O)cc1. The van der Waals surface area contributed by atoms with E-state index >= 15 is 0 Å². The fourth-order valence-electron chi connectivity index (χ4n) is 2.99. The van der Waals surface area contributed by atoms with Gasteiger partial charge in [0.2, 0.25) is 6.54 Å². The zero-order chi connectivity index (χ0) is 24.2. The smallest absolute Gasteiger partial charge is 0.415 e. The van der Waals surface area contributed by atoms with Gasteiger partial charge in [-0.25, -0.2) is 16.2 Å². The number of halogens is 1. The molecule has 0 unspecified atom stereocenters. The lowest BCUT2D eigenvalue weighted by Crippen LogP contribution is -2.42. The van der Waals surface area contributed by atoms with Crippen LogP contribution in [0.2, 0.25) is 5.02 Å².